The van der Waals surface area contributed by atoms with E-state index >= 15 is 0 Å². The molecule has 5 nitrogen and oxygen atoms in total. The number of benzene rings is 1. The van der Waals surface area contributed by atoms with Gasteiger partial charge in [0.2, 0.25) is 11.8 Å². The number of thiocarbonyl (C=S) groups is 1. The summed E-state index contributed by atoms with van der Waals surface area (Å²) < 4.78 is 0. The first-order valence-electron chi connectivity index (χ1n) is 5.06. The molecule has 0 saturated carbocycles. The van der Waals surface area contributed by atoms with Crippen LogP contribution >= 0.6 is 12.2 Å². The van der Waals surface area contributed by atoms with Gasteiger partial charge in [0.1, 0.15) is 0 Å². The number of nitrogens with one attached hydrogen (secondary N) is 2. The fraction of sp³-hybridized carbons (Fsp3) is 0.182. The Morgan fingerprint density at radius 3 is 2.47 bits per heavy atom. The van der Waals surface area contributed by atoms with Crippen LogP contribution in [0.4, 0.5) is 5.69 Å². The zero-order chi connectivity index (χ0) is 12.4. The van der Waals surface area contributed by atoms with E-state index in [1.807, 2.05) is 0 Å². The molecule has 2 rings (SSSR count). The van der Waals surface area contributed by atoms with Crippen molar-refractivity contribution in [2.75, 3.05) is 5.32 Å². The highest BCUT2D eigenvalue weighted by atomic mass is 32.1. The zero-order valence-electron chi connectivity index (χ0n) is 8.90. The number of carbonyl (C=O) groups is 2. The zero-order valence-corrected chi connectivity index (χ0v) is 9.71. The summed E-state index contributed by atoms with van der Waals surface area (Å²) in [4.78, 5) is 22.5. The second-order valence-corrected chi connectivity index (χ2v) is 4.22. The molecule has 1 fully saturated rings. The molecular formula is C11H11N3O2S. The molecule has 1 aromatic carbocycles. The number of rotatable bonds is 2. The first-order chi connectivity index (χ1) is 8.06. The fourth-order valence-corrected chi connectivity index (χ4v) is 1.88. The average Bonchev–Trinajstić information content (AvgIpc) is 2.58. The Morgan fingerprint density at radius 1 is 1.35 bits per heavy atom. The Balaban J connectivity index is 2.15. The molecule has 0 spiro atoms. The monoisotopic (exact) mass is 249 g/mol. The highest BCUT2D eigenvalue weighted by Crippen LogP contribution is 2.25. The van der Waals surface area contributed by atoms with Crippen LogP contribution in [0.2, 0.25) is 0 Å². The number of imide groups is 1. The van der Waals surface area contributed by atoms with Gasteiger partial charge in [0, 0.05) is 12.1 Å². The molecule has 2 amide bonds. The molecule has 17 heavy (non-hydrogen) atoms. The summed E-state index contributed by atoms with van der Waals surface area (Å²) in [5, 5.41) is 5.25. The van der Waals surface area contributed by atoms with Crippen molar-refractivity contribution in [2.24, 2.45) is 5.73 Å². The van der Waals surface area contributed by atoms with E-state index in [4.69, 9.17) is 18.0 Å². The third-order valence-electron chi connectivity index (χ3n) is 2.55. The molecule has 1 atom stereocenters. The Labute approximate surface area is 103 Å². The van der Waals surface area contributed by atoms with Gasteiger partial charge in [-0.3, -0.25) is 14.9 Å². The van der Waals surface area contributed by atoms with Gasteiger partial charge in [0.25, 0.3) is 0 Å². The predicted octanol–water partition coefficient (Wildman–Crippen LogP) is 0.472. The number of anilines is 1. The minimum absolute atomic E-state index is 0.187. The van der Waals surface area contributed by atoms with Crippen molar-refractivity contribution in [3.63, 3.8) is 0 Å². The van der Waals surface area contributed by atoms with Gasteiger partial charge in [0.15, 0.2) is 5.11 Å². The molecule has 1 unspecified atom stereocenters. The van der Waals surface area contributed by atoms with Crippen LogP contribution in [-0.2, 0) is 9.59 Å². The van der Waals surface area contributed by atoms with E-state index in [9.17, 15) is 9.59 Å². The molecule has 1 aromatic rings. The van der Waals surface area contributed by atoms with E-state index in [0.29, 0.717) is 0 Å². The van der Waals surface area contributed by atoms with Gasteiger partial charge in [0.05, 0.1) is 5.92 Å². The number of nitrogens with two attached hydrogens (primary N) is 1. The van der Waals surface area contributed by atoms with Gasteiger partial charge in [-0.25, -0.2) is 0 Å². The molecular weight excluding hydrogens is 238 g/mol. The SMILES string of the molecule is NC(=S)Nc1ccc(C2CC(=O)NC2=O)cc1. The third-order valence-corrected chi connectivity index (χ3v) is 2.65. The first-order valence-corrected chi connectivity index (χ1v) is 5.47. The van der Waals surface area contributed by atoms with Gasteiger partial charge in [-0.15, -0.1) is 0 Å². The Morgan fingerprint density at radius 2 is 2.00 bits per heavy atom. The van der Waals surface area contributed by atoms with Gasteiger partial charge < -0.3 is 11.1 Å². The van der Waals surface area contributed by atoms with Crippen molar-refractivity contribution in [2.45, 2.75) is 12.3 Å². The van der Waals surface area contributed by atoms with Crippen molar-refractivity contribution >= 4 is 34.8 Å². The maximum atomic E-state index is 11.5. The second kappa shape index (κ2) is 4.50. The van der Waals surface area contributed by atoms with Crippen LogP contribution in [-0.4, -0.2) is 16.9 Å². The van der Waals surface area contributed by atoms with Crippen molar-refractivity contribution in [1.82, 2.24) is 5.32 Å². The maximum Gasteiger partial charge on any atom is 0.234 e. The van der Waals surface area contributed by atoms with Gasteiger partial charge >= 0.3 is 0 Å². The predicted molar refractivity (Wildman–Crippen MR) is 67.4 cm³/mol. The minimum atomic E-state index is -0.388. The Hall–Kier alpha value is -1.95. The van der Waals surface area contributed by atoms with Crippen LogP contribution in [0.5, 0.6) is 0 Å². The second-order valence-electron chi connectivity index (χ2n) is 3.78. The van der Waals surface area contributed by atoms with Crippen LogP contribution < -0.4 is 16.4 Å². The van der Waals surface area contributed by atoms with E-state index in [-0.39, 0.29) is 29.3 Å². The van der Waals surface area contributed by atoms with E-state index < -0.39 is 0 Å². The van der Waals surface area contributed by atoms with Crippen LogP contribution in [0, 0.1) is 0 Å². The van der Waals surface area contributed by atoms with E-state index in [1.54, 1.807) is 24.3 Å². The lowest BCUT2D eigenvalue weighted by Crippen LogP contribution is -2.21. The summed E-state index contributed by atoms with van der Waals surface area (Å²) in [6.45, 7) is 0. The van der Waals surface area contributed by atoms with Gasteiger partial charge in [-0.2, -0.15) is 0 Å². The number of hydrogen-bond donors (Lipinski definition) is 3. The molecule has 88 valence electrons. The number of hydrogen-bond acceptors (Lipinski definition) is 3. The van der Waals surface area contributed by atoms with Crippen LogP contribution in [0.3, 0.4) is 0 Å². The maximum absolute atomic E-state index is 11.5. The molecule has 1 aliphatic heterocycles. The van der Waals surface area contributed by atoms with Gasteiger partial charge in [-0.05, 0) is 29.9 Å². The standard InChI is InChI=1S/C11H11N3O2S/c12-11(17)13-7-3-1-6(2-4-7)8-5-9(15)14-10(8)16/h1-4,8H,5H2,(H3,12,13,17)(H,14,15,16). The summed E-state index contributed by atoms with van der Waals surface area (Å²) in [7, 11) is 0. The van der Waals surface area contributed by atoms with Gasteiger partial charge in [-0.1, -0.05) is 12.1 Å². The highest BCUT2D eigenvalue weighted by molar-refractivity contribution is 7.80. The molecule has 0 aromatic heterocycles. The third kappa shape index (κ3) is 2.59. The molecule has 6 heteroatoms. The minimum Gasteiger partial charge on any atom is -0.376 e. The summed E-state index contributed by atoms with van der Waals surface area (Å²) >= 11 is 4.71. The lowest BCUT2D eigenvalue weighted by Gasteiger charge is -2.08. The smallest absolute Gasteiger partial charge is 0.234 e. The topological polar surface area (TPSA) is 84.2 Å². The first kappa shape index (κ1) is 11.5. The van der Waals surface area contributed by atoms with E-state index in [2.05, 4.69) is 10.6 Å². The van der Waals surface area contributed by atoms with Crippen molar-refractivity contribution in [3.8, 4) is 0 Å². The lowest BCUT2D eigenvalue weighted by atomic mass is 9.97. The van der Waals surface area contributed by atoms with Crippen molar-refractivity contribution in [1.29, 1.82) is 0 Å². The fourth-order valence-electron chi connectivity index (χ4n) is 1.76. The molecule has 0 radical (unpaired) electrons. The number of amides is 2. The molecule has 1 heterocycles. The van der Waals surface area contributed by atoms with E-state index in [1.165, 1.54) is 0 Å². The molecule has 4 N–H and O–H groups in total. The Kier molecular flexibility index (Phi) is 3.06. The normalized spacial score (nSPS) is 18.9. The summed E-state index contributed by atoms with van der Waals surface area (Å²) in [5.74, 6) is -0.864. The van der Waals surface area contributed by atoms with Crippen LogP contribution in [0.1, 0.15) is 17.9 Å². The highest BCUT2D eigenvalue weighted by Gasteiger charge is 2.31. The molecule has 0 bridgehead atoms. The summed E-state index contributed by atoms with van der Waals surface area (Å²) in [6, 6.07) is 7.10. The molecule has 1 aliphatic rings. The van der Waals surface area contributed by atoms with Crippen molar-refractivity contribution in [3.05, 3.63) is 29.8 Å². The summed E-state index contributed by atoms with van der Waals surface area (Å²) in [5.41, 5.74) is 6.90. The molecule has 0 aliphatic carbocycles. The lowest BCUT2D eigenvalue weighted by molar-refractivity contribution is -0.125. The quantitative estimate of drug-likeness (QED) is 0.524. The average molecular weight is 249 g/mol. The van der Waals surface area contributed by atoms with Crippen LogP contribution in [0.15, 0.2) is 24.3 Å². The van der Waals surface area contributed by atoms with E-state index in [0.717, 1.165) is 11.3 Å². The Bertz CT molecular complexity index is 484. The summed E-state index contributed by atoms with van der Waals surface area (Å²) in [6.07, 6.45) is 0.209. The number of carbonyl (C=O) groups excluding carboxylic acids is 2. The van der Waals surface area contributed by atoms with Crippen molar-refractivity contribution < 1.29 is 9.59 Å². The largest absolute Gasteiger partial charge is 0.376 e. The molecule has 1 saturated heterocycles. The van der Waals surface area contributed by atoms with Crippen LogP contribution in [0.25, 0.3) is 0 Å².